The number of hydrogen-bond acceptors (Lipinski definition) is 6. The highest BCUT2D eigenvalue weighted by Gasteiger charge is 2.08. The lowest BCUT2D eigenvalue weighted by atomic mass is 10.1. The van der Waals surface area contributed by atoms with Gasteiger partial charge in [-0.25, -0.2) is 9.78 Å². The number of H-pyrrole nitrogens is 1. The maximum Gasteiger partial charge on any atom is 0.338 e. The van der Waals surface area contributed by atoms with E-state index in [1.165, 1.54) is 6.07 Å². The SMILES string of the molecule is CCCOC(=O)c1ccc(Nc2nc(-c3ccc(OC)cc3)cc(=O)[nH]2)cc1. The lowest BCUT2D eigenvalue weighted by Crippen LogP contribution is -2.10. The third kappa shape index (κ3) is 4.76. The summed E-state index contributed by atoms with van der Waals surface area (Å²) in [6, 6.07) is 15.5. The molecule has 1 heterocycles. The fourth-order valence-electron chi connectivity index (χ4n) is 2.53. The smallest absolute Gasteiger partial charge is 0.338 e. The molecule has 3 aromatic rings. The molecule has 0 amide bonds. The lowest BCUT2D eigenvalue weighted by molar-refractivity contribution is 0.0505. The van der Waals surface area contributed by atoms with Crippen LogP contribution in [0, 0.1) is 0 Å². The summed E-state index contributed by atoms with van der Waals surface area (Å²) in [5, 5.41) is 3.04. The summed E-state index contributed by atoms with van der Waals surface area (Å²) in [6.07, 6.45) is 0.773. The second-order valence-electron chi connectivity index (χ2n) is 6.05. The molecule has 0 radical (unpaired) electrons. The van der Waals surface area contributed by atoms with Crippen LogP contribution in [0.5, 0.6) is 5.75 Å². The van der Waals surface area contributed by atoms with Gasteiger partial charge >= 0.3 is 5.97 Å². The number of benzene rings is 2. The van der Waals surface area contributed by atoms with E-state index in [2.05, 4.69) is 15.3 Å². The van der Waals surface area contributed by atoms with E-state index in [0.717, 1.165) is 17.7 Å². The van der Waals surface area contributed by atoms with Gasteiger partial charge in [0.2, 0.25) is 5.95 Å². The Bertz CT molecular complexity index is 995. The van der Waals surface area contributed by atoms with Crippen LogP contribution in [0.4, 0.5) is 11.6 Å². The van der Waals surface area contributed by atoms with E-state index >= 15 is 0 Å². The maximum atomic E-state index is 12.0. The summed E-state index contributed by atoms with van der Waals surface area (Å²) in [6.45, 7) is 2.33. The Morgan fingerprint density at radius 1 is 1.11 bits per heavy atom. The van der Waals surface area contributed by atoms with E-state index in [-0.39, 0.29) is 11.5 Å². The normalized spacial score (nSPS) is 10.4. The number of aromatic amines is 1. The van der Waals surface area contributed by atoms with E-state index in [0.29, 0.717) is 29.5 Å². The molecule has 2 aromatic carbocycles. The maximum absolute atomic E-state index is 12.0. The molecule has 7 heteroatoms. The van der Waals surface area contributed by atoms with Crippen molar-refractivity contribution in [3.05, 3.63) is 70.5 Å². The van der Waals surface area contributed by atoms with Crippen LogP contribution in [-0.4, -0.2) is 29.7 Å². The Morgan fingerprint density at radius 2 is 1.82 bits per heavy atom. The molecule has 7 nitrogen and oxygen atoms in total. The molecular formula is C21H21N3O4. The van der Waals surface area contributed by atoms with Gasteiger partial charge in [-0.05, 0) is 55.0 Å². The van der Waals surface area contributed by atoms with Crippen molar-refractivity contribution in [3.8, 4) is 17.0 Å². The quantitative estimate of drug-likeness (QED) is 0.607. The van der Waals surface area contributed by atoms with Crippen molar-refractivity contribution >= 4 is 17.6 Å². The van der Waals surface area contributed by atoms with Crippen molar-refractivity contribution in [2.75, 3.05) is 19.0 Å². The number of carbonyl (C=O) groups excluding carboxylic acids is 1. The minimum absolute atomic E-state index is 0.275. The van der Waals surface area contributed by atoms with Crippen LogP contribution >= 0.6 is 0 Å². The highest BCUT2D eigenvalue weighted by atomic mass is 16.5. The standard InChI is InChI=1S/C21H21N3O4/c1-3-12-28-20(26)15-4-8-16(9-5-15)22-21-23-18(13-19(25)24-21)14-6-10-17(27-2)11-7-14/h4-11,13H,3,12H2,1-2H3,(H2,22,23,24,25). The number of rotatable bonds is 7. The molecule has 0 bridgehead atoms. The van der Waals surface area contributed by atoms with Crippen molar-refractivity contribution in [3.63, 3.8) is 0 Å². The van der Waals surface area contributed by atoms with E-state index < -0.39 is 0 Å². The Balaban J connectivity index is 1.78. The molecular weight excluding hydrogens is 358 g/mol. The third-order valence-electron chi connectivity index (χ3n) is 3.95. The van der Waals surface area contributed by atoms with Crippen LogP contribution in [-0.2, 0) is 4.74 Å². The van der Waals surface area contributed by atoms with Crippen LogP contribution in [0.25, 0.3) is 11.3 Å². The summed E-state index contributed by atoms with van der Waals surface area (Å²) in [4.78, 5) is 31.0. The number of hydrogen-bond donors (Lipinski definition) is 2. The van der Waals surface area contributed by atoms with Gasteiger partial charge in [0.25, 0.3) is 5.56 Å². The number of nitrogens with one attached hydrogen (secondary N) is 2. The zero-order chi connectivity index (χ0) is 19.9. The average Bonchev–Trinajstić information content (AvgIpc) is 2.72. The lowest BCUT2D eigenvalue weighted by Gasteiger charge is -2.09. The van der Waals surface area contributed by atoms with Crippen molar-refractivity contribution in [2.24, 2.45) is 0 Å². The number of ether oxygens (including phenoxy) is 2. The molecule has 0 aliphatic carbocycles. The topological polar surface area (TPSA) is 93.3 Å². The van der Waals surface area contributed by atoms with E-state index in [1.807, 2.05) is 31.2 Å². The number of esters is 1. The molecule has 0 aliphatic rings. The predicted molar refractivity (Wildman–Crippen MR) is 107 cm³/mol. The van der Waals surface area contributed by atoms with E-state index in [9.17, 15) is 9.59 Å². The van der Waals surface area contributed by atoms with E-state index in [1.54, 1.807) is 31.4 Å². The van der Waals surface area contributed by atoms with E-state index in [4.69, 9.17) is 9.47 Å². The Labute approximate surface area is 162 Å². The van der Waals surface area contributed by atoms with Crippen LogP contribution in [0.3, 0.4) is 0 Å². The van der Waals surface area contributed by atoms with Gasteiger partial charge in [0.15, 0.2) is 0 Å². The molecule has 28 heavy (non-hydrogen) atoms. The molecule has 2 N–H and O–H groups in total. The fourth-order valence-corrected chi connectivity index (χ4v) is 2.53. The fraction of sp³-hybridized carbons (Fsp3) is 0.190. The van der Waals surface area contributed by atoms with Gasteiger partial charge in [0.1, 0.15) is 5.75 Å². The minimum atomic E-state index is -0.360. The molecule has 0 aliphatic heterocycles. The molecule has 0 atom stereocenters. The number of anilines is 2. The van der Waals surface area contributed by atoms with Gasteiger partial charge < -0.3 is 14.8 Å². The van der Waals surface area contributed by atoms with Crippen molar-refractivity contribution in [1.82, 2.24) is 9.97 Å². The summed E-state index contributed by atoms with van der Waals surface area (Å²) >= 11 is 0. The number of nitrogens with zero attached hydrogens (tertiary/aromatic N) is 1. The summed E-state index contributed by atoms with van der Waals surface area (Å²) in [5.41, 5.74) is 2.20. The minimum Gasteiger partial charge on any atom is -0.497 e. The Hall–Kier alpha value is -3.61. The first kappa shape index (κ1) is 19.2. The van der Waals surface area contributed by atoms with Gasteiger partial charge in [-0.15, -0.1) is 0 Å². The predicted octanol–water partition coefficient (Wildman–Crippen LogP) is 3.76. The molecule has 0 unspecified atom stereocenters. The molecule has 1 aromatic heterocycles. The zero-order valence-electron chi connectivity index (χ0n) is 15.7. The van der Waals surface area contributed by atoms with Gasteiger partial charge in [-0.3, -0.25) is 9.78 Å². The summed E-state index contributed by atoms with van der Waals surface area (Å²) < 4.78 is 10.3. The highest BCUT2D eigenvalue weighted by Crippen LogP contribution is 2.21. The van der Waals surface area contributed by atoms with Crippen LogP contribution < -0.4 is 15.6 Å². The molecule has 0 fully saturated rings. The second-order valence-corrected chi connectivity index (χ2v) is 6.05. The largest absolute Gasteiger partial charge is 0.497 e. The van der Waals surface area contributed by atoms with Crippen molar-refractivity contribution in [1.29, 1.82) is 0 Å². The van der Waals surface area contributed by atoms with Crippen molar-refractivity contribution in [2.45, 2.75) is 13.3 Å². The molecule has 0 spiro atoms. The Kier molecular flexibility index (Phi) is 6.06. The molecule has 0 saturated heterocycles. The zero-order valence-corrected chi connectivity index (χ0v) is 15.7. The summed E-state index contributed by atoms with van der Waals surface area (Å²) in [5.74, 6) is 0.672. The molecule has 3 rings (SSSR count). The second kappa shape index (κ2) is 8.85. The molecule has 0 saturated carbocycles. The summed E-state index contributed by atoms with van der Waals surface area (Å²) in [7, 11) is 1.59. The first-order valence-corrected chi connectivity index (χ1v) is 8.89. The number of aromatic nitrogens is 2. The highest BCUT2D eigenvalue weighted by molar-refractivity contribution is 5.89. The molecule has 144 valence electrons. The third-order valence-corrected chi connectivity index (χ3v) is 3.95. The first-order valence-electron chi connectivity index (χ1n) is 8.89. The Morgan fingerprint density at radius 3 is 2.46 bits per heavy atom. The average molecular weight is 379 g/mol. The number of methoxy groups -OCH3 is 1. The van der Waals surface area contributed by atoms with Gasteiger partial charge in [0, 0.05) is 17.3 Å². The monoisotopic (exact) mass is 379 g/mol. The van der Waals surface area contributed by atoms with Crippen molar-refractivity contribution < 1.29 is 14.3 Å². The van der Waals surface area contributed by atoms with Gasteiger partial charge in [0.05, 0.1) is 25.0 Å². The van der Waals surface area contributed by atoms with Gasteiger partial charge in [-0.1, -0.05) is 6.92 Å². The number of carbonyl (C=O) groups is 1. The van der Waals surface area contributed by atoms with Crippen LogP contribution in [0.15, 0.2) is 59.4 Å². The van der Waals surface area contributed by atoms with Crippen LogP contribution in [0.1, 0.15) is 23.7 Å². The first-order chi connectivity index (χ1) is 13.6. The van der Waals surface area contributed by atoms with Gasteiger partial charge in [-0.2, -0.15) is 0 Å². The van der Waals surface area contributed by atoms with Crippen LogP contribution in [0.2, 0.25) is 0 Å².